The summed E-state index contributed by atoms with van der Waals surface area (Å²) in [5, 5.41) is 4.42. The number of para-hydroxylation sites is 1. The smallest absolute Gasteiger partial charge is 0.0882 e. The van der Waals surface area contributed by atoms with Crippen molar-refractivity contribution in [2.75, 3.05) is 0 Å². The Hall–Kier alpha value is -1.70. The number of rotatable bonds is 4. The first kappa shape index (κ1) is 14.2. The summed E-state index contributed by atoms with van der Waals surface area (Å²) in [5.41, 5.74) is 6.02. The molecule has 0 saturated heterocycles. The number of nitrogens with one attached hydrogen (secondary N) is 1. The monoisotopic (exact) mass is 390 g/mol. The number of nitrogens with zero attached hydrogens (tertiary/aromatic N) is 2. The van der Waals surface area contributed by atoms with Crippen LogP contribution in [-0.2, 0) is 0 Å². The molecule has 0 aliphatic carbocycles. The van der Waals surface area contributed by atoms with Gasteiger partial charge in [0.1, 0.15) is 0 Å². The molecule has 0 fully saturated rings. The van der Waals surface area contributed by atoms with E-state index in [9.17, 15) is 0 Å². The highest BCUT2D eigenvalue weighted by molar-refractivity contribution is 14.1. The van der Waals surface area contributed by atoms with E-state index in [4.69, 9.17) is 5.84 Å². The van der Waals surface area contributed by atoms with Gasteiger partial charge in [0.2, 0.25) is 0 Å². The molecule has 3 N–H and O–H groups in total. The van der Waals surface area contributed by atoms with Crippen molar-refractivity contribution < 1.29 is 0 Å². The van der Waals surface area contributed by atoms with Gasteiger partial charge in [0, 0.05) is 9.77 Å². The number of hydrazine groups is 1. The zero-order valence-corrected chi connectivity index (χ0v) is 13.4. The molecule has 3 aromatic rings. The second-order valence-corrected chi connectivity index (χ2v) is 5.90. The standard InChI is InChI=1S/C16H15IN4/c17-13-8-6-12(7-9-13)16(20-18)15-10-11-19-21(15)14-4-2-1-3-5-14/h1-11,16,20H,18H2. The fourth-order valence-electron chi connectivity index (χ4n) is 2.32. The van der Waals surface area contributed by atoms with Crippen LogP contribution in [0.2, 0.25) is 0 Å². The van der Waals surface area contributed by atoms with Gasteiger partial charge in [0.15, 0.2) is 0 Å². The van der Waals surface area contributed by atoms with Crippen molar-refractivity contribution in [1.82, 2.24) is 15.2 Å². The van der Waals surface area contributed by atoms with Crippen molar-refractivity contribution >= 4 is 22.6 Å². The zero-order chi connectivity index (χ0) is 14.7. The number of hydrogen-bond acceptors (Lipinski definition) is 3. The van der Waals surface area contributed by atoms with Crippen molar-refractivity contribution in [1.29, 1.82) is 0 Å². The first-order valence-electron chi connectivity index (χ1n) is 6.60. The van der Waals surface area contributed by atoms with Gasteiger partial charge in [-0.15, -0.1) is 0 Å². The maximum Gasteiger partial charge on any atom is 0.0882 e. The van der Waals surface area contributed by atoms with Gasteiger partial charge in [-0.2, -0.15) is 5.10 Å². The molecule has 0 aliphatic heterocycles. The molecule has 0 radical (unpaired) electrons. The maximum atomic E-state index is 5.79. The van der Waals surface area contributed by atoms with E-state index in [-0.39, 0.29) is 6.04 Å². The molecule has 5 heteroatoms. The van der Waals surface area contributed by atoms with E-state index in [1.165, 1.54) is 3.57 Å². The Morgan fingerprint density at radius 1 is 1.00 bits per heavy atom. The van der Waals surface area contributed by atoms with Crippen LogP contribution in [0.15, 0.2) is 66.9 Å². The molecule has 3 rings (SSSR count). The Labute approximate surface area is 137 Å². The van der Waals surface area contributed by atoms with E-state index < -0.39 is 0 Å². The SMILES string of the molecule is NNC(c1ccc(I)cc1)c1ccnn1-c1ccccc1. The summed E-state index contributed by atoms with van der Waals surface area (Å²) < 4.78 is 3.10. The third-order valence-electron chi connectivity index (χ3n) is 3.34. The van der Waals surface area contributed by atoms with Crippen molar-refractivity contribution in [3.05, 3.63) is 81.7 Å². The summed E-state index contributed by atoms with van der Waals surface area (Å²) in [6, 6.07) is 20.2. The van der Waals surface area contributed by atoms with Crippen LogP contribution in [0.25, 0.3) is 5.69 Å². The summed E-state index contributed by atoms with van der Waals surface area (Å²) >= 11 is 2.29. The van der Waals surface area contributed by atoms with Crippen LogP contribution in [-0.4, -0.2) is 9.78 Å². The van der Waals surface area contributed by atoms with Gasteiger partial charge in [0.05, 0.1) is 17.4 Å². The van der Waals surface area contributed by atoms with Crippen LogP contribution in [0.1, 0.15) is 17.3 Å². The average Bonchev–Trinajstić information content (AvgIpc) is 3.00. The highest BCUT2D eigenvalue weighted by Crippen LogP contribution is 2.24. The van der Waals surface area contributed by atoms with Gasteiger partial charge in [-0.1, -0.05) is 30.3 Å². The Morgan fingerprint density at radius 2 is 1.71 bits per heavy atom. The van der Waals surface area contributed by atoms with E-state index in [0.717, 1.165) is 16.9 Å². The normalized spacial score (nSPS) is 12.3. The van der Waals surface area contributed by atoms with E-state index >= 15 is 0 Å². The third-order valence-corrected chi connectivity index (χ3v) is 4.06. The molecular weight excluding hydrogens is 375 g/mol. The lowest BCUT2D eigenvalue weighted by Gasteiger charge is -2.18. The molecule has 0 bridgehead atoms. The molecule has 0 aliphatic rings. The molecule has 1 unspecified atom stereocenters. The summed E-state index contributed by atoms with van der Waals surface area (Å²) in [6.45, 7) is 0. The first-order chi connectivity index (χ1) is 10.3. The van der Waals surface area contributed by atoms with E-state index in [2.05, 4.69) is 57.4 Å². The summed E-state index contributed by atoms with van der Waals surface area (Å²) in [7, 11) is 0. The molecule has 0 spiro atoms. The molecule has 1 atom stereocenters. The van der Waals surface area contributed by atoms with Gasteiger partial charge >= 0.3 is 0 Å². The van der Waals surface area contributed by atoms with E-state index in [0.29, 0.717) is 0 Å². The first-order valence-corrected chi connectivity index (χ1v) is 7.68. The highest BCUT2D eigenvalue weighted by Gasteiger charge is 2.17. The van der Waals surface area contributed by atoms with Gasteiger partial charge in [0.25, 0.3) is 0 Å². The molecule has 21 heavy (non-hydrogen) atoms. The van der Waals surface area contributed by atoms with Crippen molar-refractivity contribution in [2.45, 2.75) is 6.04 Å². The lowest BCUT2D eigenvalue weighted by molar-refractivity contribution is 0.597. The van der Waals surface area contributed by atoms with Crippen molar-refractivity contribution in [3.8, 4) is 5.69 Å². The average molecular weight is 390 g/mol. The quantitative estimate of drug-likeness (QED) is 0.409. The zero-order valence-electron chi connectivity index (χ0n) is 11.3. The summed E-state index contributed by atoms with van der Waals surface area (Å²) in [6.07, 6.45) is 1.79. The number of hydrogen-bond donors (Lipinski definition) is 2. The van der Waals surface area contributed by atoms with Gasteiger partial charge in [-0.25, -0.2) is 10.1 Å². The molecule has 1 heterocycles. The van der Waals surface area contributed by atoms with Crippen LogP contribution in [0, 0.1) is 3.57 Å². The predicted molar refractivity (Wildman–Crippen MR) is 91.9 cm³/mol. The van der Waals surface area contributed by atoms with E-state index in [1.807, 2.05) is 41.1 Å². The largest absolute Gasteiger partial charge is 0.271 e. The minimum absolute atomic E-state index is 0.107. The lowest BCUT2D eigenvalue weighted by Crippen LogP contribution is -2.30. The fraction of sp³-hybridized carbons (Fsp3) is 0.0625. The second kappa shape index (κ2) is 6.38. The highest BCUT2D eigenvalue weighted by atomic mass is 127. The van der Waals surface area contributed by atoms with Crippen molar-refractivity contribution in [3.63, 3.8) is 0 Å². The molecule has 1 aromatic heterocycles. The van der Waals surface area contributed by atoms with Gasteiger partial charge in [-0.05, 0) is 58.5 Å². The Morgan fingerprint density at radius 3 is 2.38 bits per heavy atom. The van der Waals surface area contributed by atoms with Crippen molar-refractivity contribution in [2.24, 2.45) is 5.84 Å². The molecule has 0 amide bonds. The maximum absolute atomic E-state index is 5.79. The van der Waals surface area contributed by atoms with Crippen LogP contribution in [0.3, 0.4) is 0 Å². The molecule has 4 nitrogen and oxygen atoms in total. The molecule has 106 valence electrons. The minimum Gasteiger partial charge on any atom is -0.271 e. The number of aromatic nitrogens is 2. The van der Waals surface area contributed by atoms with Crippen LogP contribution in [0.5, 0.6) is 0 Å². The van der Waals surface area contributed by atoms with Gasteiger partial charge in [-0.3, -0.25) is 5.84 Å². The Kier molecular flexibility index (Phi) is 4.33. The van der Waals surface area contributed by atoms with Crippen LogP contribution < -0.4 is 11.3 Å². The lowest BCUT2D eigenvalue weighted by atomic mass is 10.0. The molecule has 0 saturated carbocycles. The van der Waals surface area contributed by atoms with Crippen LogP contribution in [0.4, 0.5) is 0 Å². The van der Waals surface area contributed by atoms with Crippen LogP contribution >= 0.6 is 22.6 Å². The Bertz CT molecular complexity index is 707. The Balaban J connectivity index is 2.03. The summed E-state index contributed by atoms with van der Waals surface area (Å²) in [5.74, 6) is 5.79. The third kappa shape index (κ3) is 2.99. The predicted octanol–water partition coefficient (Wildman–Crippen LogP) is 3.03. The second-order valence-electron chi connectivity index (χ2n) is 4.65. The molecular formula is C16H15IN4. The molecule has 2 aromatic carbocycles. The minimum atomic E-state index is -0.107. The number of halogens is 1. The number of benzene rings is 2. The number of nitrogens with two attached hydrogens (primary N) is 1. The van der Waals surface area contributed by atoms with E-state index in [1.54, 1.807) is 6.20 Å². The van der Waals surface area contributed by atoms with Gasteiger partial charge < -0.3 is 0 Å². The summed E-state index contributed by atoms with van der Waals surface area (Å²) in [4.78, 5) is 0. The fourth-order valence-corrected chi connectivity index (χ4v) is 2.68. The topological polar surface area (TPSA) is 55.9 Å².